The predicted octanol–water partition coefficient (Wildman–Crippen LogP) is 7.24. The second-order valence-electron chi connectivity index (χ2n) is 8.07. The van der Waals surface area contributed by atoms with E-state index in [0.29, 0.717) is 0 Å². The molecule has 0 radical (unpaired) electrons. The lowest BCUT2D eigenvalue weighted by Gasteiger charge is -2.05. The average Bonchev–Trinajstić information content (AvgIpc) is 3.17. The third kappa shape index (κ3) is 2.53. The van der Waals surface area contributed by atoms with Crippen LogP contribution in [0.25, 0.3) is 65.6 Å². The maximum atomic E-state index is 4.92. The summed E-state index contributed by atoms with van der Waals surface area (Å²) in [5.74, 6) is 0. The number of aromatic nitrogens is 3. The van der Waals surface area contributed by atoms with Crippen LogP contribution in [-0.4, -0.2) is 15.0 Å². The van der Waals surface area contributed by atoms with Gasteiger partial charge in [-0.2, -0.15) is 0 Å². The maximum Gasteiger partial charge on any atom is 0.0900 e. The van der Waals surface area contributed by atoms with Gasteiger partial charge in [0.25, 0.3) is 0 Å². The molecule has 0 bridgehead atoms. The smallest absolute Gasteiger partial charge is 0.0900 e. The van der Waals surface area contributed by atoms with Crippen molar-refractivity contribution in [3.8, 4) is 11.3 Å². The molecule has 0 saturated heterocycles. The Morgan fingerprint density at radius 1 is 0.548 bits per heavy atom. The molecule has 0 aliphatic heterocycles. The first-order valence-electron chi connectivity index (χ1n) is 10.4. The van der Waals surface area contributed by atoms with Crippen molar-refractivity contribution >= 4 is 54.4 Å². The minimum atomic E-state index is 0.883. The summed E-state index contributed by atoms with van der Waals surface area (Å²) in [5.41, 5.74) is 6.05. The quantitative estimate of drug-likeness (QED) is 0.298. The lowest BCUT2D eigenvalue weighted by Crippen LogP contribution is -1.89. The van der Waals surface area contributed by atoms with Crippen LogP contribution in [0.2, 0.25) is 0 Å². The van der Waals surface area contributed by atoms with Gasteiger partial charge in [-0.05, 0) is 51.9 Å². The van der Waals surface area contributed by atoms with Gasteiger partial charge >= 0.3 is 0 Å². The van der Waals surface area contributed by atoms with Gasteiger partial charge in [0.1, 0.15) is 0 Å². The van der Waals surface area contributed by atoms with Crippen molar-refractivity contribution in [2.24, 2.45) is 0 Å². The van der Waals surface area contributed by atoms with Crippen LogP contribution in [-0.2, 0) is 0 Å². The molecule has 2 aromatic heterocycles. The van der Waals surface area contributed by atoms with E-state index in [1.807, 2.05) is 6.20 Å². The molecular formula is C28H17N3. The monoisotopic (exact) mass is 395 g/mol. The van der Waals surface area contributed by atoms with Crippen LogP contribution in [0.15, 0.2) is 97.2 Å². The SMILES string of the molecule is c1ccc2cc3nc(-c4ccc5c(c4)[nH]c4cc6ccccc6cc45)cnc3cc2c1. The van der Waals surface area contributed by atoms with Crippen LogP contribution in [0.4, 0.5) is 0 Å². The van der Waals surface area contributed by atoms with Gasteiger partial charge in [0.15, 0.2) is 0 Å². The Labute approximate surface area is 178 Å². The van der Waals surface area contributed by atoms with Gasteiger partial charge in [0, 0.05) is 27.4 Å². The van der Waals surface area contributed by atoms with Crippen molar-refractivity contribution in [1.82, 2.24) is 15.0 Å². The summed E-state index contributed by atoms with van der Waals surface area (Å²) in [7, 11) is 0. The number of hydrogen-bond donors (Lipinski definition) is 1. The summed E-state index contributed by atoms with van der Waals surface area (Å²) in [4.78, 5) is 13.2. The molecule has 1 N–H and O–H groups in total. The van der Waals surface area contributed by atoms with Crippen molar-refractivity contribution in [2.75, 3.05) is 0 Å². The fourth-order valence-corrected chi connectivity index (χ4v) is 4.59. The highest BCUT2D eigenvalue weighted by molar-refractivity contribution is 6.12. The molecule has 144 valence electrons. The highest BCUT2D eigenvalue weighted by Crippen LogP contribution is 2.32. The Bertz CT molecular complexity index is 1790. The number of rotatable bonds is 1. The van der Waals surface area contributed by atoms with E-state index in [2.05, 4.69) is 96.0 Å². The third-order valence-electron chi connectivity index (χ3n) is 6.17. The van der Waals surface area contributed by atoms with Gasteiger partial charge in [-0.15, -0.1) is 0 Å². The van der Waals surface area contributed by atoms with E-state index in [1.165, 1.54) is 32.3 Å². The molecule has 7 rings (SSSR count). The Hall–Kier alpha value is -4.24. The van der Waals surface area contributed by atoms with Crippen LogP contribution in [0, 0.1) is 0 Å². The molecule has 0 spiro atoms. The Kier molecular flexibility index (Phi) is 3.27. The van der Waals surface area contributed by atoms with Crippen molar-refractivity contribution in [2.45, 2.75) is 0 Å². The van der Waals surface area contributed by atoms with Crippen LogP contribution < -0.4 is 0 Å². The Morgan fingerprint density at radius 3 is 1.97 bits per heavy atom. The second kappa shape index (κ2) is 6.13. The summed E-state index contributed by atoms with van der Waals surface area (Å²) < 4.78 is 0. The zero-order valence-electron chi connectivity index (χ0n) is 16.6. The zero-order chi connectivity index (χ0) is 20.4. The first-order chi connectivity index (χ1) is 15.3. The number of benzene rings is 5. The van der Waals surface area contributed by atoms with E-state index in [0.717, 1.165) is 33.3 Å². The average molecular weight is 395 g/mol. The number of H-pyrrole nitrogens is 1. The summed E-state index contributed by atoms with van der Waals surface area (Å²) in [5, 5.41) is 7.34. The summed E-state index contributed by atoms with van der Waals surface area (Å²) in [6.45, 7) is 0. The molecule has 0 atom stereocenters. The van der Waals surface area contributed by atoms with E-state index in [-0.39, 0.29) is 0 Å². The van der Waals surface area contributed by atoms with E-state index in [4.69, 9.17) is 9.97 Å². The summed E-state index contributed by atoms with van der Waals surface area (Å²) in [6, 6.07) is 32.0. The molecule has 0 aliphatic carbocycles. The van der Waals surface area contributed by atoms with Gasteiger partial charge in [-0.3, -0.25) is 4.98 Å². The lowest BCUT2D eigenvalue weighted by atomic mass is 10.0. The second-order valence-corrected chi connectivity index (χ2v) is 8.07. The van der Waals surface area contributed by atoms with Crippen molar-refractivity contribution in [3.05, 3.63) is 97.2 Å². The van der Waals surface area contributed by atoms with E-state index in [1.54, 1.807) is 0 Å². The van der Waals surface area contributed by atoms with Gasteiger partial charge in [-0.1, -0.05) is 60.7 Å². The van der Waals surface area contributed by atoms with E-state index < -0.39 is 0 Å². The fourth-order valence-electron chi connectivity index (χ4n) is 4.59. The van der Waals surface area contributed by atoms with Crippen molar-refractivity contribution < 1.29 is 0 Å². The van der Waals surface area contributed by atoms with E-state index >= 15 is 0 Å². The fraction of sp³-hybridized carbons (Fsp3) is 0. The van der Waals surface area contributed by atoms with E-state index in [9.17, 15) is 0 Å². The topological polar surface area (TPSA) is 41.6 Å². The normalized spacial score (nSPS) is 11.9. The lowest BCUT2D eigenvalue weighted by molar-refractivity contribution is 1.30. The molecule has 0 amide bonds. The minimum absolute atomic E-state index is 0.883. The summed E-state index contributed by atoms with van der Waals surface area (Å²) in [6.07, 6.45) is 1.87. The third-order valence-corrected chi connectivity index (χ3v) is 6.17. The molecular weight excluding hydrogens is 378 g/mol. The van der Waals surface area contributed by atoms with Crippen molar-refractivity contribution in [1.29, 1.82) is 0 Å². The van der Waals surface area contributed by atoms with Gasteiger partial charge in [0.2, 0.25) is 0 Å². The number of aromatic amines is 1. The number of fused-ring (bicyclic) bond motifs is 6. The molecule has 2 heterocycles. The van der Waals surface area contributed by atoms with Gasteiger partial charge in [-0.25, -0.2) is 4.98 Å². The zero-order valence-corrected chi connectivity index (χ0v) is 16.6. The van der Waals surface area contributed by atoms with Gasteiger partial charge < -0.3 is 4.98 Å². The standard InChI is InChI=1S/C28H17N3/c1-2-6-18-12-25-23(11-17(18)5-1)22-10-9-21(15-24(22)30-25)28-16-29-26-13-19-7-3-4-8-20(19)14-27(26)31-28/h1-16,30H. The molecule has 31 heavy (non-hydrogen) atoms. The molecule has 0 unspecified atom stereocenters. The predicted molar refractivity (Wildman–Crippen MR) is 129 cm³/mol. The maximum absolute atomic E-state index is 4.92. The highest BCUT2D eigenvalue weighted by Gasteiger charge is 2.09. The summed E-state index contributed by atoms with van der Waals surface area (Å²) >= 11 is 0. The molecule has 0 fully saturated rings. The number of hydrogen-bond acceptors (Lipinski definition) is 2. The first kappa shape index (κ1) is 16.5. The van der Waals surface area contributed by atoms with Crippen LogP contribution in [0.5, 0.6) is 0 Å². The highest BCUT2D eigenvalue weighted by atomic mass is 14.8. The van der Waals surface area contributed by atoms with Crippen molar-refractivity contribution in [3.63, 3.8) is 0 Å². The molecule has 3 heteroatoms. The van der Waals surface area contributed by atoms with Gasteiger partial charge in [0.05, 0.1) is 22.9 Å². The molecule has 5 aromatic carbocycles. The molecule has 3 nitrogen and oxygen atoms in total. The largest absolute Gasteiger partial charge is 0.354 e. The molecule has 0 aliphatic rings. The minimum Gasteiger partial charge on any atom is -0.354 e. The number of nitrogens with zero attached hydrogens (tertiary/aromatic N) is 2. The first-order valence-corrected chi connectivity index (χ1v) is 10.4. The Balaban J connectivity index is 1.41. The number of nitrogens with one attached hydrogen (secondary N) is 1. The van der Waals surface area contributed by atoms with Crippen LogP contribution >= 0.6 is 0 Å². The molecule has 7 aromatic rings. The van der Waals surface area contributed by atoms with Crippen LogP contribution in [0.3, 0.4) is 0 Å². The van der Waals surface area contributed by atoms with Crippen LogP contribution in [0.1, 0.15) is 0 Å². The Morgan fingerprint density at radius 2 is 1.19 bits per heavy atom. The molecule has 0 saturated carbocycles.